The number of aliphatic carboxylic acids is 1. The summed E-state index contributed by atoms with van der Waals surface area (Å²) in [7, 11) is -4.72. The topological polar surface area (TPSA) is 144 Å². The third-order valence-electron chi connectivity index (χ3n) is 1.47. The Hall–Kier alpha value is -1.77. The molecule has 10 heteroatoms. The van der Waals surface area contributed by atoms with Crippen LogP contribution in [0.25, 0.3) is 0 Å². The van der Waals surface area contributed by atoms with Crippen molar-refractivity contribution in [3.63, 3.8) is 0 Å². The van der Waals surface area contributed by atoms with Gasteiger partial charge in [-0.1, -0.05) is 18.7 Å². The molecule has 0 amide bonds. The van der Waals surface area contributed by atoms with Gasteiger partial charge in [-0.05, 0) is 18.2 Å². The Bertz CT molecular complexity index is 581. The van der Waals surface area contributed by atoms with Gasteiger partial charge in [0.1, 0.15) is 0 Å². The molecule has 0 radical (unpaired) electrons. The molecule has 0 aliphatic heterocycles. The molecule has 1 aromatic rings. The Morgan fingerprint density at radius 2 is 1.70 bits per heavy atom. The van der Waals surface area contributed by atoms with Gasteiger partial charge in [-0.2, -0.15) is 8.42 Å². The number of aromatic carboxylic acids is 1. The summed E-state index contributed by atoms with van der Waals surface area (Å²) < 4.78 is 32.9. The second kappa shape index (κ2) is 9.19. The van der Waals surface area contributed by atoms with E-state index in [2.05, 4.69) is 10.8 Å². The zero-order valence-corrected chi connectivity index (χ0v) is 13.8. The summed E-state index contributed by atoms with van der Waals surface area (Å²) in [5.41, 5.74) is -0.454. The molecular formula is C10H8O8SZn. The van der Waals surface area contributed by atoms with Crippen LogP contribution in [0, 0.1) is 0 Å². The van der Waals surface area contributed by atoms with Gasteiger partial charge in [0.25, 0.3) is 0 Å². The third kappa shape index (κ3) is 9.20. The molecule has 104 valence electrons. The van der Waals surface area contributed by atoms with Crippen molar-refractivity contribution in [2.24, 2.45) is 0 Å². The molecule has 0 spiro atoms. The molecule has 1 N–H and O–H groups in total. The van der Waals surface area contributed by atoms with E-state index in [0.717, 1.165) is 18.2 Å². The van der Waals surface area contributed by atoms with Crippen molar-refractivity contribution >= 4 is 22.3 Å². The summed E-state index contributed by atoms with van der Waals surface area (Å²) in [6.07, 6.45) is 0.722. The number of carboxylic acids is 2. The summed E-state index contributed by atoms with van der Waals surface area (Å²) in [6.45, 7) is 2.90. The monoisotopic (exact) mass is 352 g/mol. The second-order valence-electron chi connectivity index (χ2n) is 2.82. The van der Waals surface area contributed by atoms with Gasteiger partial charge in [0.2, 0.25) is 0 Å². The first-order valence-electron chi connectivity index (χ1n) is 4.48. The van der Waals surface area contributed by atoms with E-state index in [1.54, 1.807) is 0 Å². The minimum absolute atomic E-state index is 0. The standard InChI is InChI=1S/C7H6O6S.C3H4O2.Zn/c8-7(9)5-3-1-2-4-6(5)13-14(10,11)12;1-2-3(4)5;/h1-4H,(H,8,9)(H,10,11,12);2H,1H2,(H,4,5);/q;;+2/p-2. The number of carbonyl (C=O) groups is 2. The molecule has 0 unspecified atom stereocenters. The fourth-order valence-electron chi connectivity index (χ4n) is 0.821. The van der Waals surface area contributed by atoms with Crippen LogP contribution in [0.4, 0.5) is 0 Å². The fraction of sp³-hybridized carbons (Fsp3) is 0. The number of benzene rings is 1. The minimum atomic E-state index is -4.72. The van der Waals surface area contributed by atoms with Gasteiger partial charge in [-0.3, -0.25) is 4.55 Å². The van der Waals surface area contributed by atoms with E-state index in [0.29, 0.717) is 0 Å². The average molecular weight is 354 g/mol. The summed E-state index contributed by atoms with van der Waals surface area (Å²) in [6, 6.07) is 4.89. The van der Waals surface area contributed by atoms with E-state index in [1.807, 2.05) is 0 Å². The van der Waals surface area contributed by atoms with Crippen molar-refractivity contribution in [3.8, 4) is 5.75 Å². The first kappa shape index (κ1) is 20.5. The zero-order valence-electron chi connectivity index (χ0n) is 10.0. The van der Waals surface area contributed by atoms with Crippen molar-refractivity contribution in [2.45, 2.75) is 0 Å². The Kier molecular flexibility index (Phi) is 9.44. The maximum atomic E-state index is 10.4. The smallest absolute Gasteiger partial charge is 0.545 e. The second-order valence-corrected chi connectivity index (χ2v) is 3.84. The molecule has 0 saturated carbocycles. The molecule has 1 aromatic carbocycles. The first-order valence-corrected chi connectivity index (χ1v) is 5.84. The van der Waals surface area contributed by atoms with E-state index >= 15 is 0 Å². The average Bonchev–Trinajstić information content (AvgIpc) is 2.28. The number of carbonyl (C=O) groups excluding carboxylic acids is 2. The van der Waals surface area contributed by atoms with Crippen LogP contribution in [-0.4, -0.2) is 24.9 Å². The third-order valence-corrected chi connectivity index (χ3v) is 1.86. The molecule has 0 aliphatic rings. The molecule has 1 rings (SSSR count). The van der Waals surface area contributed by atoms with Gasteiger partial charge in [0, 0.05) is 5.56 Å². The maximum Gasteiger partial charge on any atom is 2.00 e. The van der Waals surface area contributed by atoms with E-state index < -0.39 is 33.7 Å². The number of hydrogen-bond acceptors (Lipinski definition) is 7. The van der Waals surface area contributed by atoms with Crippen LogP contribution in [0.2, 0.25) is 0 Å². The van der Waals surface area contributed by atoms with Gasteiger partial charge in [0.15, 0.2) is 5.75 Å². The van der Waals surface area contributed by atoms with Crippen LogP contribution in [0.1, 0.15) is 10.4 Å². The number of hydrogen-bond donors (Lipinski definition) is 1. The summed E-state index contributed by atoms with van der Waals surface area (Å²) >= 11 is 0. The molecule has 8 nitrogen and oxygen atoms in total. The van der Waals surface area contributed by atoms with Gasteiger partial charge < -0.3 is 24.0 Å². The quantitative estimate of drug-likeness (QED) is 0.377. The molecule has 0 saturated heterocycles. The SMILES string of the molecule is C=CC(=O)[O-].O=C([O-])c1ccccc1OS(=O)(=O)O.[Zn+2]. The summed E-state index contributed by atoms with van der Waals surface area (Å²) in [5.74, 6) is -3.32. The molecule has 0 atom stereocenters. The Morgan fingerprint density at radius 1 is 1.25 bits per heavy atom. The van der Waals surface area contributed by atoms with E-state index in [9.17, 15) is 18.3 Å². The largest absolute Gasteiger partial charge is 2.00 e. The van der Waals surface area contributed by atoms with E-state index in [1.165, 1.54) is 12.1 Å². The Balaban J connectivity index is 0. The number of rotatable bonds is 4. The molecule has 0 aromatic heterocycles. The van der Waals surface area contributed by atoms with Crippen LogP contribution in [0.3, 0.4) is 0 Å². The summed E-state index contributed by atoms with van der Waals surface area (Å²) in [4.78, 5) is 19.6. The Morgan fingerprint density at radius 3 is 2.05 bits per heavy atom. The van der Waals surface area contributed by atoms with Crippen LogP contribution in [0.15, 0.2) is 36.9 Å². The zero-order chi connectivity index (χ0) is 15.1. The first-order chi connectivity index (χ1) is 8.67. The van der Waals surface area contributed by atoms with Crippen LogP contribution < -0.4 is 14.4 Å². The number of carboxylic acid groups (broad SMARTS) is 2. The summed E-state index contributed by atoms with van der Waals surface area (Å²) in [5, 5.41) is 19.6. The molecule has 20 heavy (non-hydrogen) atoms. The molecule has 0 bridgehead atoms. The Labute approximate surface area is 127 Å². The minimum Gasteiger partial charge on any atom is -0.545 e. The number of para-hydroxylation sites is 1. The predicted molar refractivity (Wildman–Crippen MR) is 58.2 cm³/mol. The van der Waals surface area contributed by atoms with Crippen molar-refractivity contribution in [2.75, 3.05) is 0 Å². The maximum absolute atomic E-state index is 10.4. The van der Waals surface area contributed by atoms with Gasteiger partial charge >= 0.3 is 29.9 Å². The predicted octanol–water partition coefficient (Wildman–Crippen LogP) is -1.85. The van der Waals surface area contributed by atoms with Crippen LogP contribution in [-0.2, 0) is 34.7 Å². The van der Waals surface area contributed by atoms with Crippen molar-refractivity contribution in [1.82, 2.24) is 0 Å². The molecular weight excluding hydrogens is 346 g/mol. The van der Waals surface area contributed by atoms with Crippen molar-refractivity contribution in [3.05, 3.63) is 42.5 Å². The van der Waals surface area contributed by atoms with Crippen molar-refractivity contribution in [1.29, 1.82) is 0 Å². The van der Waals surface area contributed by atoms with Crippen molar-refractivity contribution < 1.29 is 56.4 Å². The molecule has 0 aliphatic carbocycles. The fourth-order valence-corrected chi connectivity index (χ4v) is 1.19. The van der Waals surface area contributed by atoms with Crippen LogP contribution >= 0.6 is 0 Å². The van der Waals surface area contributed by atoms with E-state index in [4.69, 9.17) is 14.5 Å². The molecule has 0 fully saturated rings. The van der Waals surface area contributed by atoms with E-state index in [-0.39, 0.29) is 19.5 Å². The van der Waals surface area contributed by atoms with Crippen LogP contribution in [0.5, 0.6) is 5.75 Å². The molecule has 0 heterocycles. The van der Waals surface area contributed by atoms with Gasteiger partial charge in [-0.15, -0.1) is 0 Å². The van der Waals surface area contributed by atoms with Gasteiger partial charge in [0.05, 0.1) is 11.9 Å². The van der Waals surface area contributed by atoms with Gasteiger partial charge in [-0.25, -0.2) is 0 Å². The normalized spacial score (nSPS) is 9.25.